The van der Waals surface area contributed by atoms with Crippen molar-refractivity contribution in [3.8, 4) is 6.07 Å². The van der Waals surface area contributed by atoms with E-state index < -0.39 is 0 Å². The van der Waals surface area contributed by atoms with Crippen LogP contribution in [0.5, 0.6) is 0 Å². The minimum absolute atomic E-state index is 0.0155. The van der Waals surface area contributed by atoms with Crippen molar-refractivity contribution in [3.05, 3.63) is 20.8 Å². The zero-order chi connectivity index (χ0) is 15.4. The molecule has 1 unspecified atom stereocenters. The molecule has 6 heteroatoms. The van der Waals surface area contributed by atoms with E-state index in [0.29, 0.717) is 23.0 Å². The molecule has 2 heterocycles. The van der Waals surface area contributed by atoms with E-state index in [4.69, 9.17) is 11.6 Å². The minimum atomic E-state index is -0.0279. The second-order valence-corrected chi connectivity index (χ2v) is 6.58. The first-order chi connectivity index (χ1) is 10.1. The minimum Gasteiger partial charge on any atom is -0.335 e. The zero-order valence-electron chi connectivity index (χ0n) is 12.4. The second-order valence-electron chi connectivity index (χ2n) is 5.32. The van der Waals surface area contributed by atoms with Crippen LogP contribution in [0.25, 0.3) is 0 Å². The molecule has 1 amide bonds. The summed E-state index contributed by atoms with van der Waals surface area (Å²) in [5.41, 5.74) is 0.955. The van der Waals surface area contributed by atoms with E-state index in [1.165, 1.54) is 11.3 Å². The Morgan fingerprint density at radius 2 is 2.14 bits per heavy atom. The second kappa shape index (κ2) is 7.26. The molecule has 1 aromatic heterocycles. The fourth-order valence-electron chi connectivity index (χ4n) is 2.56. The monoisotopic (exact) mass is 325 g/mol. The van der Waals surface area contributed by atoms with E-state index >= 15 is 0 Å². The highest BCUT2D eigenvalue weighted by molar-refractivity contribution is 7.13. The van der Waals surface area contributed by atoms with Crippen molar-refractivity contribution in [1.29, 1.82) is 5.26 Å². The first-order valence-electron chi connectivity index (χ1n) is 7.25. The molecule has 0 aliphatic carbocycles. The average molecular weight is 326 g/mol. The summed E-state index contributed by atoms with van der Waals surface area (Å²) in [7, 11) is 0. The number of nitrogens with zero attached hydrogens (tertiary/aromatic N) is 3. The Morgan fingerprint density at radius 1 is 1.48 bits per heavy atom. The number of carbonyl (C=O) groups is 1. The van der Waals surface area contributed by atoms with E-state index in [1.807, 2.05) is 17.2 Å². The van der Waals surface area contributed by atoms with E-state index in [0.717, 1.165) is 31.5 Å². The molecule has 0 saturated carbocycles. The molecule has 0 aromatic carbocycles. The van der Waals surface area contributed by atoms with Crippen LogP contribution in [0.2, 0.25) is 5.02 Å². The van der Waals surface area contributed by atoms with Crippen LogP contribution in [-0.4, -0.2) is 47.9 Å². The highest BCUT2D eigenvalue weighted by atomic mass is 35.5. The summed E-state index contributed by atoms with van der Waals surface area (Å²) in [4.78, 5) is 17.1. The maximum atomic E-state index is 12.5. The summed E-state index contributed by atoms with van der Waals surface area (Å²) in [6.07, 6.45) is 1.89. The Balaban J connectivity index is 1.96. The number of thiophene rings is 1. The van der Waals surface area contributed by atoms with Gasteiger partial charge >= 0.3 is 0 Å². The lowest BCUT2D eigenvalue weighted by Gasteiger charge is -2.36. The third kappa shape index (κ3) is 3.57. The highest BCUT2D eigenvalue weighted by Crippen LogP contribution is 2.28. The molecular weight excluding hydrogens is 306 g/mol. The predicted octanol–water partition coefficient (Wildman–Crippen LogP) is 3.16. The Labute approximate surface area is 134 Å². The molecule has 1 aliphatic rings. The molecule has 114 valence electrons. The molecule has 0 bridgehead atoms. The topological polar surface area (TPSA) is 47.3 Å². The SMILES string of the molecule is CCCC(C#N)N1CCN(C(=O)c2scc(C)c2Cl)CC1. The van der Waals surface area contributed by atoms with Crippen molar-refractivity contribution in [2.75, 3.05) is 26.2 Å². The van der Waals surface area contributed by atoms with Crippen molar-refractivity contribution in [2.24, 2.45) is 0 Å². The average Bonchev–Trinajstić information content (AvgIpc) is 2.84. The van der Waals surface area contributed by atoms with Crippen LogP contribution in [0.3, 0.4) is 0 Å². The van der Waals surface area contributed by atoms with Gasteiger partial charge in [0, 0.05) is 26.2 Å². The fraction of sp³-hybridized carbons (Fsp3) is 0.600. The number of hydrogen-bond donors (Lipinski definition) is 0. The molecule has 1 aromatic rings. The van der Waals surface area contributed by atoms with Gasteiger partial charge in [-0.25, -0.2) is 0 Å². The third-order valence-corrected chi connectivity index (χ3v) is 5.53. The number of aryl methyl sites for hydroxylation is 1. The number of halogens is 1. The van der Waals surface area contributed by atoms with Gasteiger partial charge in [-0.1, -0.05) is 24.9 Å². The van der Waals surface area contributed by atoms with E-state index in [9.17, 15) is 10.1 Å². The van der Waals surface area contributed by atoms with Crippen molar-refractivity contribution < 1.29 is 4.79 Å². The van der Waals surface area contributed by atoms with Gasteiger partial charge in [-0.3, -0.25) is 9.69 Å². The molecule has 1 atom stereocenters. The Kier molecular flexibility index (Phi) is 5.63. The van der Waals surface area contributed by atoms with Gasteiger partial charge in [0.25, 0.3) is 5.91 Å². The lowest BCUT2D eigenvalue weighted by molar-refractivity contribution is 0.0606. The molecule has 1 fully saturated rings. The Hall–Kier alpha value is -1.09. The number of hydrogen-bond acceptors (Lipinski definition) is 4. The number of rotatable bonds is 4. The smallest absolute Gasteiger partial charge is 0.265 e. The van der Waals surface area contributed by atoms with Gasteiger partial charge in [0.15, 0.2) is 0 Å². The van der Waals surface area contributed by atoms with E-state index in [2.05, 4.69) is 17.9 Å². The maximum absolute atomic E-state index is 12.5. The van der Waals surface area contributed by atoms with Gasteiger partial charge in [0.05, 0.1) is 17.1 Å². The lowest BCUT2D eigenvalue weighted by Crippen LogP contribution is -2.51. The molecule has 2 rings (SSSR count). The third-order valence-electron chi connectivity index (χ3n) is 3.85. The normalized spacial score (nSPS) is 17.5. The molecule has 21 heavy (non-hydrogen) atoms. The molecular formula is C15H20ClN3OS. The fourth-order valence-corrected chi connectivity index (χ4v) is 3.80. The van der Waals surface area contributed by atoms with Crippen LogP contribution in [0.15, 0.2) is 5.38 Å². The van der Waals surface area contributed by atoms with Gasteiger partial charge in [-0.2, -0.15) is 5.26 Å². The summed E-state index contributed by atoms with van der Waals surface area (Å²) in [5.74, 6) is 0.0155. The maximum Gasteiger partial charge on any atom is 0.265 e. The lowest BCUT2D eigenvalue weighted by atomic mass is 10.1. The first-order valence-corrected chi connectivity index (χ1v) is 8.50. The van der Waals surface area contributed by atoms with E-state index in [-0.39, 0.29) is 11.9 Å². The summed E-state index contributed by atoms with van der Waals surface area (Å²) < 4.78 is 0. The quantitative estimate of drug-likeness (QED) is 0.854. The summed E-state index contributed by atoms with van der Waals surface area (Å²) in [6.45, 7) is 6.83. The van der Waals surface area contributed by atoms with Crippen molar-refractivity contribution in [1.82, 2.24) is 9.80 Å². The molecule has 0 N–H and O–H groups in total. The van der Waals surface area contributed by atoms with Gasteiger partial charge < -0.3 is 4.90 Å². The van der Waals surface area contributed by atoms with Crippen molar-refractivity contribution >= 4 is 28.8 Å². The largest absolute Gasteiger partial charge is 0.335 e. The van der Waals surface area contributed by atoms with Crippen LogP contribution in [-0.2, 0) is 0 Å². The van der Waals surface area contributed by atoms with Crippen LogP contribution in [0, 0.1) is 18.3 Å². The predicted molar refractivity (Wildman–Crippen MR) is 85.9 cm³/mol. The van der Waals surface area contributed by atoms with Crippen molar-refractivity contribution in [2.45, 2.75) is 32.7 Å². The Bertz CT molecular complexity index is 544. The number of amides is 1. The van der Waals surface area contributed by atoms with E-state index in [1.54, 1.807) is 0 Å². The van der Waals surface area contributed by atoms with Gasteiger partial charge in [0.1, 0.15) is 4.88 Å². The number of piperazine rings is 1. The van der Waals surface area contributed by atoms with Gasteiger partial charge in [0.2, 0.25) is 0 Å². The Morgan fingerprint density at radius 3 is 2.62 bits per heavy atom. The van der Waals surface area contributed by atoms with Gasteiger partial charge in [-0.05, 0) is 24.3 Å². The first kappa shape index (κ1) is 16.3. The highest BCUT2D eigenvalue weighted by Gasteiger charge is 2.27. The van der Waals surface area contributed by atoms with Crippen LogP contribution < -0.4 is 0 Å². The summed E-state index contributed by atoms with van der Waals surface area (Å²) in [5, 5.41) is 11.7. The number of nitriles is 1. The summed E-state index contributed by atoms with van der Waals surface area (Å²) in [6, 6.07) is 2.34. The molecule has 1 aliphatic heterocycles. The van der Waals surface area contributed by atoms with Crippen molar-refractivity contribution in [3.63, 3.8) is 0 Å². The molecule has 0 spiro atoms. The van der Waals surface area contributed by atoms with Crippen LogP contribution in [0.4, 0.5) is 0 Å². The standard InChI is InChI=1S/C15H20ClN3OS/c1-3-4-12(9-17)18-5-7-19(8-6-18)15(20)14-13(16)11(2)10-21-14/h10,12H,3-8H2,1-2H3. The molecule has 4 nitrogen and oxygen atoms in total. The summed E-state index contributed by atoms with van der Waals surface area (Å²) >= 11 is 7.58. The van der Waals surface area contributed by atoms with Crippen LogP contribution in [0.1, 0.15) is 35.0 Å². The van der Waals surface area contributed by atoms with Crippen LogP contribution >= 0.6 is 22.9 Å². The molecule has 0 radical (unpaired) electrons. The van der Waals surface area contributed by atoms with Gasteiger partial charge in [-0.15, -0.1) is 11.3 Å². The zero-order valence-corrected chi connectivity index (χ0v) is 14.0. The number of carbonyl (C=O) groups excluding carboxylic acids is 1. The molecule has 1 saturated heterocycles.